The number of nitrogens with two attached hydrogens (primary N) is 1. The number of rotatable bonds is 6. The minimum Gasteiger partial charge on any atom is -0.497 e. The molecule has 174 valence electrons. The number of carbonyl (C=O) groups excluding carboxylic acids is 2. The number of hydrogen-bond acceptors (Lipinski definition) is 8. The fourth-order valence-electron chi connectivity index (χ4n) is 3.44. The first kappa shape index (κ1) is 23.9. The van der Waals surface area contributed by atoms with E-state index in [1.807, 2.05) is 0 Å². The Morgan fingerprint density at radius 2 is 1.91 bits per heavy atom. The number of nitrogens with zero attached hydrogens (tertiary/aromatic N) is 1. The highest BCUT2D eigenvalue weighted by Gasteiger charge is 2.54. The summed E-state index contributed by atoms with van der Waals surface area (Å²) in [6, 6.07) is 9.97. The Labute approximate surface area is 204 Å². The predicted octanol–water partition coefficient (Wildman–Crippen LogP) is 2.97. The normalized spacial score (nSPS) is 20.2. The highest BCUT2D eigenvalue weighted by molar-refractivity contribution is 8.02. The van der Waals surface area contributed by atoms with E-state index in [1.54, 1.807) is 24.3 Å². The molecule has 0 saturated carbocycles. The van der Waals surface area contributed by atoms with Crippen LogP contribution in [-0.2, 0) is 30.8 Å². The number of hydrogen-bond donors (Lipinski definition) is 1. The van der Waals surface area contributed by atoms with Gasteiger partial charge in [-0.3, -0.25) is 9.69 Å². The Morgan fingerprint density at radius 1 is 1.21 bits per heavy atom. The van der Waals surface area contributed by atoms with Crippen LogP contribution in [-0.4, -0.2) is 49.5 Å². The van der Waals surface area contributed by atoms with Gasteiger partial charge in [-0.25, -0.2) is 13.2 Å². The van der Waals surface area contributed by atoms with Crippen LogP contribution < -0.4 is 10.5 Å². The topological polar surface area (TPSA) is 116 Å². The number of carbonyl (C=O) groups is 2. The molecule has 2 aromatic carbocycles. The highest BCUT2D eigenvalue weighted by atomic mass is 35.5. The smallest absolute Gasteiger partial charge is 0.356 e. The number of amides is 1. The summed E-state index contributed by atoms with van der Waals surface area (Å²) >= 11 is 13.3. The summed E-state index contributed by atoms with van der Waals surface area (Å²) in [6.45, 7) is -0.135. The first-order chi connectivity index (χ1) is 15.6. The standard InChI is InChI=1S/C21H18Cl2N2O6S2/c1-30-13-5-2-11(3-6-13)9-31-21(27)18-16(10-32-20-17(24)19(26)25(18)20)33(28,29)15-8-12(22)4-7-14(15)23/h2-8,17,20H,9-10,24H2,1H3/t17-,20?/m1/s1. The van der Waals surface area contributed by atoms with Crippen LogP contribution in [0.15, 0.2) is 58.0 Å². The monoisotopic (exact) mass is 528 g/mol. The Bertz CT molecular complexity index is 1260. The summed E-state index contributed by atoms with van der Waals surface area (Å²) in [5.41, 5.74) is 6.16. The van der Waals surface area contributed by atoms with Gasteiger partial charge >= 0.3 is 5.97 Å². The van der Waals surface area contributed by atoms with Crippen molar-refractivity contribution in [1.29, 1.82) is 0 Å². The zero-order valence-electron chi connectivity index (χ0n) is 17.2. The van der Waals surface area contributed by atoms with Crippen molar-refractivity contribution in [3.63, 3.8) is 0 Å². The Hall–Kier alpha value is -2.24. The molecule has 2 aliphatic rings. The molecule has 0 spiro atoms. The second-order valence-corrected chi connectivity index (χ2v) is 11.1. The van der Waals surface area contributed by atoms with Crippen LogP contribution in [0.1, 0.15) is 5.56 Å². The molecule has 2 heterocycles. The third kappa shape index (κ3) is 4.33. The van der Waals surface area contributed by atoms with Crippen LogP contribution in [0.2, 0.25) is 10.0 Å². The highest BCUT2D eigenvalue weighted by Crippen LogP contribution is 2.43. The quantitative estimate of drug-likeness (QED) is 0.449. The van der Waals surface area contributed by atoms with Crippen molar-refractivity contribution in [2.45, 2.75) is 22.9 Å². The molecule has 0 aromatic heterocycles. The number of fused-ring (bicyclic) bond motifs is 1. The molecule has 1 unspecified atom stereocenters. The maximum Gasteiger partial charge on any atom is 0.356 e. The Morgan fingerprint density at radius 3 is 2.58 bits per heavy atom. The second kappa shape index (κ2) is 9.19. The van der Waals surface area contributed by atoms with E-state index in [4.69, 9.17) is 38.4 Å². The fourth-order valence-corrected chi connectivity index (χ4v) is 7.37. The largest absolute Gasteiger partial charge is 0.497 e. The number of methoxy groups -OCH3 is 1. The first-order valence-corrected chi connectivity index (χ1v) is 12.9. The zero-order valence-corrected chi connectivity index (χ0v) is 20.3. The number of sulfone groups is 1. The molecule has 1 saturated heterocycles. The minimum atomic E-state index is -4.27. The van der Waals surface area contributed by atoms with Gasteiger partial charge in [0, 0.05) is 10.8 Å². The number of ether oxygens (including phenoxy) is 2. The number of benzene rings is 2. The lowest BCUT2D eigenvalue weighted by Gasteiger charge is -2.48. The molecule has 0 bridgehead atoms. The fraction of sp³-hybridized carbons (Fsp3) is 0.238. The first-order valence-electron chi connectivity index (χ1n) is 9.58. The van der Waals surface area contributed by atoms with Gasteiger partial charge in [0.05, 0.1) is 21.9 Å². The van der Waals surface area contributed by atoms with Crippen LogP contribution in [0.25, 0.3) is 0 Å². The zero-order chi connectivity index (χ0) is 23.9. The minimum absolute atomic E-state index is 0.0587. The van der Waals surface area contributed by atoms with Crippen LogP contribution in [0.3, 0.4) is 0 Å². The molecule has 1 amide bonds. The van der Waals surface area contributed by atoms with Gasteiger partial charge in [0.25, 0.3) is 0 Å². The molecule has 2 atom stereocenters. The third-order valence-electron chi connectivity index (χ3n) is 5.20. The summed E-state index contributed by atoms with van der Waals surface area (Å²) in [5.74, 6) is -0.964. The summed E-state index contributed by atoms with van der Waals surface area (Å²) in [7, 11) is -2.74. The number of halogens is 2. The van der Waals surface area contributed by atoms with Gasteiger partial charge in [-0.2, -0.15) is 0 Å². The average molecular weight is 529 g/mol. The maximum absolute atomic E-state index is 13.5. The molecule has 4 rings (SSSR count). The van der Waals surface area contributed by atoms with Gasteiger partial charge in [-0.05, 0) is 35.9 Å². The molecule has 2 N–H and O–H groups in total. The molecular weight excluding hydrogens is 511 g/mol. The van der Waals surface area contributed by atoms with E-state index in [1.165, 1.54) is 25.3 Å². The van der Waals surface area contributed by atoms with Crippen molar-refractivity contribution in [3.8, 4) is 5.75 Å². The van der Waals surface area contributed by atoms with Crippen molar-refractivity contribution in [2.75, 3.05) is 12.9 Å². The van der Waals surface area contributed by atoms with Gasteiger partial charge in [0.1, 0.15) is 29.5 Å². The van der Waals surface area contributed by atoms with Crippen molar-refractivity contribution >= 4 is 56.7 Å². The lowest BCUT2D eigenvalue weighted by atomic mass is 10.1. The predicted molar refractivity (Wildman–Crippen MR) is 125 cm³/mol. The van der Waals surface area contributed by atoms with E-state index in [2.05, 4.69) is 0 Å². The van der Waals surface area contributed by atoms with E-state index >= 15 is 0 Å². The molecule has 2 aliphatic heterocycles. The van der Waals surface area contributed by atoms with Crippen molar-refractivity contribution in [2.24, 2.45) is 5.73 Å². The Balaban J connectivity index is 1.72. The molecule has 1 fully saturated rings. The summed E-state index contributed by atoms with van der Waals surface area (Å²) < 4.78 is 37.4. The molecule has 2 aromatic rings. The molecule has 0 radical (unpaired) electrons. The van der Waals surface area contributed by atoms with Crippen molar-refractivity contribution in [3.05, 3.63) is 68.7 Å². The lowest BCUT2D eigenvalue weighted by molar-refractivity contribution is -0.151. The molecule has 12 heteroatoms. The molecule has 33 heavy (non-hydrogen) atoms. The number of thioether (sulfide) groups is 1. The van der Waals surface area contributed by atoms with E-state index < -0.39 is 33.1 Å². The van der Waals surface area contributed by atoms with Gasteiger partial charge in [-0.1, -0.05) is 35.3 Å². The van der Waals surface area contributed by atoms with Crippen molar-refractivity contribution in [1.82, 2.24) is 4.90 Å². The van der Waals surface area contributed by atoms with Gasteiger partial charge in [0.15, 0.2) is 0 Å². The number of esters is 1. The van der Waals surface area contributed by atoms with Crippen LogP contribution in [0.5, 0.6) is 5.75 Å². The van der Waals surface area contributed by atoms with E-state index in [0.717, 1.165) is 16.7 Å². The summed E-state index contributed by atoms with van der Waals surface area (Å²) in [4.78, 5) is 26.1. The second-order valence-electron chi connectivity index (χ2n) is 7.21. The third-order valence-corrected chi connectivity index (χ3v) is 9.27. The summed E-state index contributed by atoms with van der Waals surface area (Å²) in [5, 5.41) is -0.461. The average Bonchev–Trinajstić information content (AvgIpc) is 2.82. The van der Waals surface area contributed by atoms with Crippen LogP contribution in [0.4, 0.5) is 0 Å². The lowest BCUT2D eigenvalue weighted by Crippen LogP contribution is -2.68. The van der Waals surface area contributed by atoms with Crippen molar-refractivity contribution < 1.29 is 27.5 Å². The van der Waals surface area contributed by atoms with Gasteiger partial charge < -0.3 is 15.2 Å². The summed E-state index contributed by atoms with van der Waals surface area (Å²) in [6.07, 6.45) is 0. The van der Waals surface area contributed by atoms with Crippen LogP contribution >= 0.6 is 35.0 Å². The molecular formula is C21H18Cl2N2O6S2. The van der Waals surface area contributed by atoms with Crippen LogP contribution in [0, 0.1) is 0 Å². The SMILES string of the molecule is COc1ccc(COC(=O)C2=C(S(=O)(=O)c3cc(Cl)ccc3Cl)CSC3[C@H](N)C(=O)N23)cc1. The molecule has 0 aliphatic carbocycles. The Kier molecular flexibility index (Phi) is 6.66. The van der Waals surface area contributed by atoms with E-state index in [-0.39, 0.29) is 37.9 Å². The van der Waals surface area contributed by atoms with E-state index in [9.17, 15) is 18.0 Å². The number of β-lactam (4-membered cyclic amide) rings is 1. The van der Waals surface area contributed by atoms with E-state index in [0.29, 0.717) is 11.3 Å². The van der Waals surface area contributed by atoms with Gasteiger partial charge in [-0.15, -0.1) is 11.8 Å². The maximum atomic E-state index is 13.5. The van der Waals surface area contributed by atoms with Gasteiger partial charge in [0.2, 0.25) is 15.7 Å². The molecule has 8 nitrogen and oxygen atoms in total.